The van der Waals surface area contributed by atoms with Crippen LogP contribution in [0.3, 0.4) is 0 Å². The van der Waals surface area contributed by atoms with E-state index in [4.69, 9.17) is 23.2 Å². The highest BCUT2D eigenvalue weighted by atomic mass is 35.5. The van der Waals surface area contributed by atoms with Crippen LogP contribution in [0.4, 0.5) is 0 Å². The third-order valence-corrected chi connectivity index (χ3v) is 4.50. The monoisotopic (exact) mass is 303 g/mol. The summed E-state index contributed by atoms with van der Waals surface area (Å²) in [5, 5.41) is 8.52. The SMILES string of the molecule is Cc1nn(CCNCc2ccc(Cl)s2)c(C)c1Cl. The highest BCUT2D eigenvalue weighted by Crippen LogP contribution is 2.21. The van der Waals surface area contributed by atoms with Crippen molar-refractivity contribution in [3.63, 3.8) is 0 Å². The van der Waals surface area contributed by atoms with Crippen molar-refractivity contribution in [1.82, 2.24) is 15.1 Å². The van der Waals surface area contributed by atoms with Gasteiger partial charge in [0, 0.05) is 18.0 Å². The van der Waals surface area contributed by atoms with E-state index in [2.05, 4.69) is 10.4 Å². The van der Waals surface area contributed by atoms with Gasteiger partial charge in [0.1, 0.15) is 0 Å². The van der Waals surface area contributed by atoms with Crippen LogP contribution in [0.5, 0.6) is 0 Å². The number of aryl methyl sites for hydroxylation is 1. The predicted molar refractivity (Wildman–Crippen MR) is 77.7 cm³/mol. The molecular formula is C12H15Cl2N3S. The van der Waals surface area contributed by atoms with Crippen molar-refractivity contribution in [2.75, 3.05) is 6.54 Å². The molecule has 0 aliphatic rings. The van der Waals surface area contributed by atoms with Crippen LogP contribution in [-0.2, 0) is 13.1 Å². The maximum atomic E-state index is 6.09. The zero-order valence-corrected chi connectivity index (χ0v) is 12.7. The largest absolute Gasteiger partial charge is 0.310 e. The van der Waals surface area contributed by atoms with Crippen LogP contribution in [0.2, 0.25) is 9.36 Å². The fraction of sp³-hybridized carbons (Fsp3) is 0.417. The van der Waals surface area contributed by atoms with Gasteiger partial charge in [-0.3, -0.25) is 4.68 Å². The van der Waals surface area contributed by atoms with E-state index in [0.29, 0.717) is 0 Å². The second-order valence-corrected chi connectivity index (χ2v) is 6.27. The minimum atomic E-state index is 0.764. The first-order chi connectivity index (χ1) is 8.58. The van der Waals surface area contributed by atoms with E-state index in [9.17, 15) is 0 Å². The Hall–Kier alpha value is -0.550. The number of nitrogens with one attached hydrogen (secondary N) is 1. The Bertz CT molecular complexity index is 533. The minimum Gasteiger partial charge on any atom is -0.310 e. The van der Waals surface area contributed by atoms with E-state index in [0.717, 1.165) is 40.4 Å². The zero-order chi connectivity index (χ0) is 13.1. The molecule has 0 saturated heterocycles. The summed E-state index contributed by atoms with van der Waals surface area (Å²) in [6, 6.07) is 3.96. The van der Waals surface area contributed by atoms with Crippen molar-refractivity contribution in [2.24, 2.45) is 0 Å². The molecule has 0 radical (unpaired) electrons. The van der Waals surface area contributed by atoms with Crippen LogP contribution in [0, 0.1) is 13.8 Å². The van der Waals surface area contributed by atoms with Crippen LogP contribution in [-0.4, -0.2) is 16.3 Å². The molecule has 0 amide bonds. The molecule has 0 saturated carbocycles. The molecule has 2 aromatic heterocycles. The maximum Gasteiger partial charge on any atom is 0.0931 e. The van der Waals surface area contributed by atoms with E-state index >= 15 is 0 Å². The van der Waals surface area contributed by atoms with Crippen molar-refractivity contribution in [2.45, 2.75) is 26.9 Å². The summed E-state index contributed by atoms with van der Waals surface area (Å²) < 4.78 is 2.77. The van der Waals surface area contributed by atoms with E-state index in [1.807, 2.05) is 30.7 Å². The number of rotatable bonds is 5. The fourth-order valence-corrected chi connectivity index (χ4v) is 2.93. The number of aromatic nitrogens is 2. The Kier molecular flexibility index (Phi) is 4.67. The molecule has 0 bridgehead atoms. The summed E-state index contributed by atoms with van der Waals surface area (Å²) in [6.45, 7) is 6.42. The number of halogens is 2. The molecule has 0 aliphatic heterocycles. The molecule has 2 heterocycles. The number of hydrogen-bond acceptors (Lipinski definition) is 3. The second-order valence-electron chi connectivity index (χ2n) is 4.09. The van der Waals surface area contributed by atoms with Gasteiger partial charge in [0.05, 0.1) is 27.3 Å². The molecule has 98 valence electrons. The van der Waals surface area contributed by atoms with Gasteiger partial charge in [-0.25, -0.2) is 0 Å². The summed E-state index contributed by atoms with van der Waals surface area (Å²) in [7, 11) is 0. The first-order valence-electron chi connectivity index (χ1n) is 5.72. The molecule has 6 heteroatoms. The lowest BCUT2D eigenvalue weighted by atomic mass is 10.4. The molecule has 0 fully saturated rings. The summed E-state index contributed by atoms with van der Waals surface area (Å²) in [5.74, 6) is 0. The van der Waals surface area contributed by atoms with E-state index in [1.54, 1.807) is 11.3 Å². The molecule has 0 aromatic carbocycles. The fourth-order valence-electron chi connectivity index (χ4n) is 1.74. The van der Waals surface area contributed by atoms with Gasteiger partial charge in [0.15, 0.2) is 0 Å². The average molecular weight is 304 g/mol. The van der Waals surface area contributed by atoms with Crippen LogP contribution in [0.15, 0.2) is 12.1 Å². The third-order valence-electron chi connectivity index (χ3n) is 2.72. The highest BCUT2D eigenvalue weighted by molar-refractivity contribution is 7.16. The number of nitrogens with zero attached hydrogens (tertiary/aromatic N) is 2. The molecule has 0 unspecified atom stereocenters. The number of thiophene rings is 1. The lowest BCUT2D eigenvalue weighted by Crippen LogP contribution is -2.20. The van der Waals surface area contributed by atoms with Gasteiger partial charge in [0.2, 0.25) is 0 Å². The van der Waals surface area contributed by atoms with Crippen molar-refractivity contribution in [3.05, 3.63) is 37.8 Å². The summed E-state index contributed by atoms with van der Waals surface area (Å²) in [4.78, 5) is 1.24. The highest BCUT2D eigenvalue weighted by Gasteiger charge is 2.08. The summed E-state index contributed by atoms with van der Waals surface area (Å²) in [6.07, 6.45) is 0. The summed E-state index contributed by atoms with van der Waals surface area (Å²) in [5.41, 5.74) is 1.91. The van der Waals surface area contributed by atoms with E-state index in [-0.39, 0.29) is 0 Å². The van der Waals surface area contributed by atoms with E-state index in [1.165, 1.54) is 4.88 Å². The Balaban J connectivity index is 1.80. The van der Waals surface area contributed by atoms with Gasteiger partial charge in [-0.05, 0) is 26.0 Å². The molecule has 0 atom stereocenters. The molecule has 2 aromatic rings. The molecule has 0 spiro atoms. The number of hydrogen-bond donors (Lipinski definition) is 1. The third kappa shape index (κ3) is 3.26. The molecule has 2 rings (SSSR count). The average Bonchev–Trinajstić information content (AvgIpc) is 2.85. The van der Waals surface area contributed by atoms with Gasteiger partial charge in [-0.1, -0.05) is 23.2 Å². The predicted octanol–water partition coefficient (Wildman–Crippen LogP) is 3.66. The quantitative estimate of drug-likeness (QED) is 0.854. The maximum absolute atomic E-state index is 6.09. The van der Waals surface area contributed by atoms with Crippen molar-refractivity contribution in [3.8, 4) is 0 Å². The molecular weight excluding hydrogens is 289 g/mol. The van der Waals surface area contributed by atoms with Crippen molar-refractivity contribution >= 4 is 34.5 Å². The lowest BCUT2D eigenvalue weighted by Gasteiger charge is -2.05. The molecule has 3 nitrogen and oxygen atoms in total. The Morgan fingerprint density at radius 3 is 2.67 bits per heavy atom. The first-order valence-corrected chi connectivity index (χ1v) is 7.29. The van der Waals surface area contributed by atoms with Crippen LogP contribution >= 0.6 is 34.5 Å². The van der Waals surface area contributed by atoms with Crippen molar-refractivity contribution < 1.29 is 0 Å². The van der Waals surface area contributed by atoms with E-state index < -0.39 is 0 Å². The van der Waals surface area contributed by atoms with Crippen LogP contribution in [0.25, 0.3) is 0 Å². The first kappa shape index (κ1) is 13.9. The normalized spacial score (nSPS) is 11.1. The van der Waals surface area contributed by atoms with Gasteiger partial charge in [-0.2, -0.15) is 5.10 Å². The van der Waals surface area contributed by atoms with Crippen LogP contribution < -0.4 is 5.32 Å². The molecule has 0 aliphatic carbocycles. The lowest BCUT2D eigenvalue weighted by molar-refractivity contribution is 0.544. The summed E-state index contributed by atoms with van der Waals surface area (Å²) >= 11 is 13.6. The standard InChI is InChI=1S/C12H15Cl2N3S/c1-8-12(14)9(2)17(16-8)6-5-15-7-10-3-4-11(13)18-10/h3-4,15H,5-7H2,1-2H3. The topological polar surface area (TPSA) is 29.9 Å². The van der Waals surface area contributed by atoms with Gasteiger partial charge in [-0.15, -0.1) is 11.3 Å². The molecule has 1 N–H and O–H groups in total. The Labute approximate surface area is 121 Å². The Morgan fingerprint density at radius 2 is 2.11 bits per heavy atom. The van der Waals surface area contributed by atoms with Gasteiger partial charge < -0.3 is 5.32 Å². The van der Waals surface area contributed by atoms with Gasteiger partial charge >= 0.3 is 0 Å². The second kappa shape index (κ2) is 6.06. The zero-order valence-electron chi connectivity index (χ0n) is 10.3. The smallest absolute Gasteiger partial charge is 0.0931 e. The van der Waals surface area contributed by atoms with Crippen molar-refractivity contribution in [1.29, 1.82) is 0 Å². The molecule has 18 heavy (non-hydrogen) atoms. The minimum absolute atomic E-state index is 0.764. The van der Waals surface area contributed by atoms with Gasteiger partial charge in [0.25, 0.3) is 0 Å². The Morgan fingerprint density at radius 1 is 1.33 bits per heavy atom. The van der Waals surface area contributed by atoms with Crippen LogP contribution in [0.1, 0.15) is 16.3 Å².